The quantitative estimate of drug-likeness (QED) is 0.108. The van der Waals surface area contributed by atoms with Crippen molar-refractivity contribution < 1.29 is 8.83 Å². The highest BCUT2D eigenvalue weighted by molar-refractivity contribution is 6.17. The number of furan rings is 2. The molecule has 0 unspecified atom stereocenters. The van der Waals surface area contributed by atoms with Gasteiger partial charge in [-0.15, -0.1) is 0 Å². The van der Waals surface area contributed by atoms with Gasteiger partial charge in [0.1, 0.15) is 22.5 Å². The molecule has 0 aliphatic heterocycles. The molecule has 0 spiro atoms. The first-order chi connectivity index (χ1) is 29.6. The summed E-state index contributed by atoms with van der Waals surface area (Å²) < 4.78 is 12.6. The standard InChI is InChI=1S/C51H39N5O2.C2H6/c1-4-5-22-39-33(2)57-45-27-25-34(29-41(39)45)32-53-50(56-49(52-3)37-20-13-8-14-21-37)38-26-28-46-42(30-38)48-40(23-15-24-47(48)58-46)51-54-43(35-16-9-6-10-17-35)31-44(55-51)36-18-11-7-12-19-36;1-2/h5-31H,3-4,32H2,1-2H3;1-2H3/b22-5-,53-50?,56-49?;. The van der Waals surface area contributed by atoms with Crippen LogP contribution < -0.4 is 0 Å². The van der Waals surface area contributed by atoms with Gasteiger partial charge in [0.2, 0.25) is 0 Å². The van der Waals surface area contributed by atoms with Crippen LogP contribution in [0.25, 0.3) is 72.9 Å². The zero-order valence-electron chi connectivity index (χ0n) is 34.3. The maximum absolute atomic E-state index is 6.49. The molecule has 0 amide bonds. The number of benzene rings is 6. The molecule has 294 valence electrons. The largest absolute Gasteiger partial charge is 0.461 e. The fraction of sp³-hybridized carbons (Fsp3) is 0.113. The number of fused-ring (bicyclic) bond motifs is 4. The number of aromatic nitrogens is 2. The topological polar surface area (TPSA) is 89.1 Å². The lowest BCUT2D eigenvalue weighted by Gasteiger charge is -2.10. The van der Waals surface area contributed by atoms with E-state index in [9.17, 15) is 0 Å². The highest BCUT2D eigenvalue weighted by Crippen LogP contribution is 2.38. The average molecular weight is 784 g/mol. The second kappa shape index (κ2) is 18.0. The molecular formula is C53H45N5O2. The number of aliphatic imine (C=N–C) groups is 3. The van der Waals surface area contributed by atoms with Crippen LogP contribution in [0.3, 0.4) is 0 Å². The lowest BCUT2D eigenvalue weighted by Crippen LogP contribution is -2.05. The van der Waals surface area contributed by atoms with E-state index in [4.69, 9.17) is 28.8 Å². The monoisotopic (exact) mass is 783 g/mol. The van der Waals surface area contributed by atoms with Crippen molar-refractivity contribution in [3.8, 4) is 33.9 Å². The summed E-state index contributed by atoms with van der Waals surface area (Å²) in [5.74, 6) is 2.49. The van der Waals surface area contributed by atoms with Gasteiger partial charge in [0, 0.05) is 49.5 Å². The summed E-state index contributed by atoms with van der Waals surface area (Å²) in [6.07, 6.45) is 5.23. The van der Waals surface area contributed by atoms with Crippen LogP contribution in [0.4, 0.5) is 0 Å². The van der Waals surface area contributed by atoms with E-state index >= 15 is 0 Å². The van der Waals surface area contributed by atoms with Gasteiger partial charge in [-0.25, -0.2) is 20.0 Å². The third-order valence-corrected chi connectivity index (χ3v) is 10.2. The van der Waals surface area contributed by atoms with Crippen molar-refractivity contribution in [1.82, 2.24) is 9.97 Å². The Balaban J connectivity index is 0.00000246. The summed E-state index contributed by atoms with van der Waals surface area (Å²) in [5, 5.41) is 2.87. The fourth-order valence-electron chi connectivity index (χ4n) is 7.30. The first-order valence-electron chi connectivity index (χ1n) is 20.4. The molecule has 0 radical (unpaired) electrons. The van der Waals surface area contributed by atoms with E-state index in [0.717, 1.165) is 95.4 Å². The summed E-state index contributed by atoms with van der Waals surface area (Å²) in [7, 11) is 0. The first kappa shape index (κ1) is 39.3. The predicted octanol–water partition coefficient (Wildman–Crippen LogP) is 14.0. The van der Waals surface area contributed by atoms with Gasteiger partial charge in [-0.1, -0.05) is 142 Å². The number of hydrogen-bond acceptors (Lipinski definition) is 5. The number of amidine groups is 2. The molecule has 0 aliphatic rings. The van der Waals surface area contributed by atoms with E-state index in [1.54, 1.807) is 0 Å². The van der Waals surface area contributed by atoms with E-state index < -0.39 is 0 Å². The number of aryl methyl sites for hydroxylation is 1. The SMILES string of the molecule is C=NC(=NC(=NCc1ccc2oc(C)c(/C=C\CC)c2c1)c1ccc2oc3cccc(-c4nc(-c5ccccc5)cc(-c5ccccc5)n4)c3c2c1)c1ccccc1.CC. The van der Waals surface area contributed by atoms with Crippen LogP contribution in [0.5, 0.6) is 0 Å². The van der Waals surface area contributed by atoms with Crippen molar-refractivity contribution in [2.45, 2.75) is 40.7 Å². The average Bonchev–Trinajstić information content (AvgIpc) is 3.85. The maximum atomic E-state index is 6.49. The Bertz CT molecular complexity index is 2970. The lowest BCUT2D eigenvalue weighted by atomic mass is 10.0. The summed E-state index contributed by atoms with van der Waals surface area (Å²) >= 11 is 0. The predicted molar refractivity (Wildman–Crippen MR) is 250 cm³/mol. The van der Waals surface area contributed by atoms with E-state index in [2.05, 4.69) is 79.3 Å². The molecule has 7 nitrogen and oxygen atoms in total. The van der Waals surface area contributed by atoms with Crippen LogP contribution >= 0.6 is 0 Å². The van der Waals surface area contributed by atoms with Gasteiger partial charge < -0.3 is 8.83 Å². The molecule has 3 aromatic heterocycles. The minimum atomic E-state index is 0.382. The van der Waals surface area contributed by atoms with Gasteiger partial charge >= 0.3 is 0 Å². The van der Waals surface area contributed by atoms with Crippen molar-refractivity contribution >= 4 is 57.4 Å². The zero-order chi connectivity index (χ0) is 41.4. The zero-order valence-corrected chi connectivity index (χ0v) is 34.3. The molecule has 0 bridgehead atoms. The normalized spacial score (nSPS) is 12.0. The van der Waals surface area contributed by atoms with E-state index in [1.807, 2.05) is 124 Å². The third-order valence-electron chi connectivity index (χ3n) is 10.2. The van der Waals surface area contributed by atoms with E-state index in [-0.39, 0.29) is 0 Å². The molecule has 9 rings (SSSR count). The van der Waals surface area contributed by atoms with Crippen LogP contribution in [0, 0.1) is 6.92 Å². The van der Waals surface area contributed by atoms with E-state index in [1.165, 1.54) is 0 Å². The van der Waals surface area contributed by atoms with Crippen molar-refractivity contribution in [2.75, 3.05) is 0 Å². The van der Waals surface area contributed by atoms with Gasteiger partial charge in [-0.05, 0) is 68.1 Å². The van der Waals surface area contributed by atoms with E-state index in [0.29, 0.717) is 24.0 Å². The van der Waals surface area contributed by atoms with Crippen molar-refractivity contribution in [2.24, 2.45) is 15.0 Å². The molecule has 0 atom stereocenters. The summed E-state index contributed by atoms with van der Waals surface area (Å²) in [5.41, 5.74) is 10.6. The number of rotatable bonds is 9. The maximum Gasteiger partial charge on any atom is 0.161 e. The van der Waals surface area contributed by atoms with Crippen LogP contribution in [0.2, 0.25) is 0 Å². The van der Waals surface area contributed by atoms with Gasteiger partial charge in [0.25, 0.3) is 0 Å². The van der Waals surface area contributed by atoms with Gasteiger partial charge in [0.05, 0.1) is 17.9 Å². The minimum absolute atomic E-state index is 0.382. The van der Waals surface area contributed by atoms with Gasteiger partial charge in [-0.3, -0.25) is 4.99 Å². The molecule has 0 saturated heterocycles. The Morgan fingerprint density at radius 1 is 0.633 bits per heavy atom. The van der Waals surface area contributed by atoms with Gasteiger partial charge in [-0.2, -0.15) is 0 Å². The van der Waals surface area contributed by atoms with Crippen molar-refractivity contribution in [3.63, 3.8) is 0 Å². The summed E-state index contributed by atoms with van der Waals surface area (Å²) in [6, 6.07) is 50.6. The van der Waals surface area contributed by atoms with Crippen LogP contribution in [0.15, 0.2) is 182 Å². The summed E-state index contributed by atoms with van der Waals surface area (Å²) in [6.45, 7) is 12.4. The third kappa shape index (κ3) is 8.11. The molecule has 9 aromatic rings. The Morgan fingerprint density at radius 3 is 1.95 bits per heavy atom. The highest BCUT2D eigenvalue weighted by Gasteiger charge is 2.19. The molecule has 0 saturated carbocycles. The minimum Gasteiger partial charge on any atom is -0.461 e. The molecule has 0 fully saturated rings. The van der Waals surface area contributed by atoms with Crippen LogP contribution in [-0.2, 0) is 6.54 Å². The first-order valence-corrected chi connectivity index (χ1v) is 20.4. The molecule has 7 heteroatoms. The second-order valence-electron chi connectivity index (χ2n) is 14.0. The molecular weight excluding hydrogens is 739 g/mol. The van der Waals surface area contributed by atoms with Crippen LogP contribution in [0.1, 0.15) is 55.2 Å². The molecule has 0 aliphatic carbocycles. The van der Waals surface area contributed by atoms with Crippen LogP contribution in [-0.4, -0.2) is 28.4 Å². The highest BCUT2D eigenvalue weighted by atomic mass is 16.3. The Labute approximate surface area is 350 Å². The van der Waals surface area contributed by atoms with Crippen molar-refractivity contribution in [3.05, 3.63) is 186 Å². The lowest BCUT2D eigenvalue weighted by molar-refractivity contribution is 0.577. The number of nitrogens with zero attached hydrogens (tertiary/aromatic N) is 5. The Hall–Kier alpha value is -7.51. The van der Waals surface area contributed by atoms with Gasteiger partial charge in [0.15, 0.2) is 17.5 Å². The molecule has 6 aromatic carbocycles. The number of allylic oxidation sites excluding steroid dienone is 1. The Morgan fingerprint density at radius 2 is 1.28 bits per heavy atom. The Kier molecular flexibility index (Phi) is 11.8. The summed E-state index contributed by atoms with van der Waals surface area (Å²) in [4.78, 5) is 24.9. The molecule has 3 heterocycles. The fourth-order valence-corrected chi connectivity index (χ4v) is 7.30. The number of hydrogen-bond donors (Lipinski definition) is 0. The molecule has 0 N–H and O–H groups in total. The van der Waals surface area contributed by atoms with Crippen molar-refractivity contribution in [1.29, 1.82) is 0 Å². The second-order valence-corrected chi connectivity index (χ2v) is 14.0. The molecule has 60 heavy (non-hydrogen) atoms. The smallest absolute Gasteiger partial charge is 0.161 e.